The van der Waals surface area contributed by atoms with Crippen LogP contribution >= 0.6 is 11.6 Å². The van der Waals surface area contributed by atoms with Gasteiger partial charge in [-0.3, -0.25) is 0 Å². The molecule has 4 aromatic carbocycles. The lowest BCUT2D eigenvalue weighted by Gasteiger charge is -2.27. The number of halogens is 1. The fraction of sp³-hybridized carbons (Fsp3) is 0.300. The molecule has 0 spiro atoms. The molecule has 7 rings (SSSR count). The Kier molecular flexibility index (Phi) is 7.89. The van der Waals surface area contributed by atoms with E-state index in [0.29, 0.717) is 0 Å². The first-order chi connectivity index (χ1) is 21.2. The van der Waals surface area contributed by atoms with Gasteiger partial charge in [0.15, 0.2) is 0 Å². The molecule has 0 N–H and O–H groups in total. The molecular formula is C40H41ClN2. The zero-order valence-electron chi connectivity index (χ0n) is 25.5. The second kappa shape index (κ2) is 12.1. The summed E-state index contributed by atoms with van der Waals surface area (Å²) >= 11 is 7.20. The van der Waals surface area contributed by atoms with Gasteiger partial charge in [-0.1, -0.05) is 117 Å². The minimum atomic E-state index is 0.241. The van der Waals surface area contributed by atoms with Crippen molar-refractivity contribution in [3.05, 3.63) is 118 Å². The number of rotatable bonds is 9. The first-order valence-corrected chi connectivity index (χ1v) is 16.6. The van der Waals surface area contributed by atoms with E-state index in [4.69, 9.17) is 11.6 Å². The van der Waals surface area contributed by atoms with Gasteiger partial charge < -0.3 is 9.47 Å². The van der Waals surface area contributed by atoms with Crippen LogP contribution in [0.3, 0.4) is 0 Å². The highest BCUT2D eigenvalue weighted by Gasteiger charge is 2.29. The molecule has 0 bridgehead atoms. The molecule has 0 fully saturated rings. The van der Waals surface area contributed by atoms with Gasteiger partial charge in [0.1, 0.15) is 0 Å². The third-order valence-corrected chi connectivity index (χ3v) is 9.97. The van der Waals surface area contributed by atoms with Crippen molar-refractivity contribution in [2.24, 2.45) is 0 Å². The van der Waals surface area contributed by atoms with Gasteiger partial charge in [-0.2, -0.15) is 0 Å². The normalized spacial score (nSPS) is 18.6. The summed E-state index contributed by atoms with van der Waals surface area (Å²) < 4.78 is 2.52. The maximum Gasteiger partial charge on any atom is 0.0736 e. The van der Waals surface area contributed by atoms with E-state index in [1.807, 2.05) is 0 Å². The van der Waals surface area contributed by atoms with Crippen molar-refractivity contribution in [2.75, 3.05) is 11.4 Å². The van der Waals surface area contributed by atoms with Crippen molar-refractivity contribution < 1.29 is 0 Å². The smallest absolute Gasteiger partial charge is 0.0736 e. The number of hydrogen-bond acceptors (Lipinski definition) is 1. The number of allylic oxidation sites excluding steroid dienone is 5. The molecule has 0 saturated carbocycles. The summed E-state index contributed by atoms with van der Waals surface area (Å²) in [5.41, 5.74) is 6.62. The molecule has 0 amide bonds. The van der Waals surface area contributed by atoms with Crippen LogP contribution in [0, 0.1) is 0 Å². The van der Waals surface area contributed by atoms with Crippen LogP contribution in [-0.2, 0) is 6.54 Å². The first kappa shape index (κ1) is 28.0. The number of anilines is 1. The Hall–Kier alpha value is -3.75. The summed E-state index contributed by atoms with van der Waals surface area (Å²) in [5.74, 6) is 0. The molecule has 5 aromatic rings. The topological polar surface area (TPSA) is 8.17 Å². The molecule has 0 radical (unpaired) electrons. The van der Waals surface area contributed by atoms with E-state index < -0.39 is 0 Å². The van der Waals surface area contributed by atoms with Gasteiger partial charge in [0.2, 0.25) is 0 Å². The highest BCUT2D eigenvalue weighted by molar-refractivity contribution is 6.32. The van der Waals surface area contributed by atoms with E-state index in [0.717, 1.165) is 37.4 Å². The summed E-state index contributed by atoms with van der Waals surface area (Å²) in [7, 11) is 0. The first-order valence-electron chi connectivity index (χ1n) is 16.3. The van der Waals surface area contributed by atoms with Gasteiger partial charge in [-0.05, 0) is 77.8 Å². The third kappa shape index (κ3) is 5.00. The minimum Gasteiger partial charge on any atom is -0.360 e. The molecule has 1 aliphatic heterocycles. The second-order valence-electron chi connectivity index (χ2n) is 12.2. The zero-order chi connectivity index (χ0) is 29.3. The lowest BCUT2D eigenvalue weighted by Crippen LogP contribution is -2.24. The molecule has 0 saturated heterocycles. The monoisotopic (exact) mass is 584 g/mol. The molecule has 2 aliphatic rings. The van der Waals surface area contributed by atoms with Crippen LogP contribution in [0.4, 0.5) is 5.69 Å². The van der Waals surface area contributed by atoms with Crippen LogP contribution in [0.15, 0.2) is 107 Å². The van der Waals surface area contributed by atoms with Gasteiger partial charge in [-0.15, -0.1) is 0 Å². The average molecular weight is 585 g/mol. The van der Waals surface area contributed by atoms with Crippen molar-refractivity contribution >= 4 is 55.8 Å². The predicted molar refractivity (Wildman–Crippen MR) is 187 cm³/mol. The van der Waals surface area contributed by atoms with Crippen molar-refractivity contribution in [3.63, 3.8) is 0 Å². The fourth-order valence-corrected chi connectivity index (χ4v) is 7.63. The Labute approximate surface area is 260 Å². The van der Waals surface area contributed by atoms with Crippen LogP contribution in [-0.4, -0.2) is 11.1 Å². The standard InChI is InChI=1S/C40H41ClN2/c1-3-5-26-42-34(32-18-8-12-28-14-10-20-36(42)38(28)32)24-22-30-16-7-17-31(40(30)41)23-25-35-33-19-9-13-29-15-11-21-37(39(29)33)43(35)27-6-4-2/h8-15,18-25,34H,3-7,16-17,26-27H2,1-2H3. The van der Waals surface area contributed by atoms with E-state index >= 15 is 0 Å². The van der Waals surface area contributed by atoms with Gasteiger partial charge in [0.05, 0.1) is 6.04 Å². The largest absolute Gasteiger partial charge is 0.360 e. The van der Waals surface area contributed by atoms with E-state index in [9.17, 15) is 0 Å². The molecule has 3 heteroatoms. The van der Waals surface area contributed by atoms with Gasteiger partial charge >= 0.3 is 0 Å². The number of nitrogens with zero attached hydrogens (tertiary/aromatic N) is 2. The Balaban J connectivity index is 1.26. The maximum absolute atomic E-state index is 7.20. The molecule has 218 valence electrons. The van der Waals surface area contributed by atoms with Crippen LogP contribution in [0.5, 0.6) is 0 Å². The van der Waals surface area contributed by atoms with Crippen molar-refractivity contribution in [1.29, 1.82) is 0 Å². The van der Waals surface area contributed by atoms with Crippen LogP contribution in [0.1, 0.15) is 70.4 Å². The number of aromatic nitrogens is 1. The fourth-order valence-electron chi connectivity index (χ4n) is 7.32. The summed E-state index contributed by atoms with van der Waals surface area (Å²) in [6.45, 7) is 6.64. The van der Waals surface area contributed by atoms with Crippen molar-refractivity contribution in [2.45, 2.75) is 71.4 Å². The summed E-state index contributed by atoms with van der Waals surface area (Å²) in [6.07, 6.45) is 17.3. The third-order valence-electron chi connectivity index (χ3n) is 9.49. The second-order valence-corrected chi connectivity index (χ2v) is 12.6. The molecule has 1 aliphatic carbocycles. The highest BCUT2D eigenvalue weighted by Crippen LogP contribution is 2.45. The molecule has 1 aromatic heterocycles. The van der Waals surface area contributed by atoms with E-state index in [1.165, 1.54) is 85.9 Å². The molecule has 1 unspecified atom stereocenters. The lowest BCUT2D eigenvalue weighted by molar-refractivity contribution is 0.640. The molecule has 2 nitrogen and oxygen atoms in total. The molecule has 43 heavy (non-hydrogen) atoms. The Morgan fingerprint density at radius 1 is 0.791 bits per heavy atom. The number of aryl methyl sites for hydroxylation is 1. The Morgan fingerprint density at radius 2 is 1.51 bits per heavy atom. The summed E-state index contributed by atoms with van der Waals surface area (Å²) in [6, 6.07) is 27.1. The van der Waals surface area contributed by atoms with E-state index in [2.05, 4.69) is 120 Å². The van der Waals surface area contributed by atoms with E-state index in [1.54, 1.807) is 0 Å². The Morgan fingerprint density at radius 3 is 2.33 bits per heavy atom. The number of hydrogen-bond donors (Lipinski definition) is 0. The van der Waals surface area contributed by atoms with E-state index in [-0.39, 0.29) is 6.04 Å². The lowest BCUT2D eigenvalue weighted by atomic mass is 9.93. The average Bonchev–Trinajstić information content (AvgIpc) is 3.51. The highest BCUT2D eigenvalue weighted by atomic mass is 35.5. The van der Waals surface area contributed by atoms with Crippen molar-refractivity contribution in [1.82, 2.24) is 4.57 Å². The van der Waals surface area contributed by atoms with Gasteiger partial charge in [0.25, 0.3) is 0 Å². The van der Waals surface area contributed by atoms with Crippen LogP contribution < -0.4 is 10.2 Å². The molecule has 2 heterocycles. The SMILES string of the molecule is CCCCN1c2cccc3cccc(c23)C1C=CC1=C(Cl)C(=CC=c2c3cccc4cccc(c43)n2CCCC)CCC1. The Bertz CT molecular complexity index is 1940. The number of benzene rings is 4. The summed E-state index contributed by atoms with van der Waals surface area (Å²) in [4.78, 5) is 2.60. The van der Waals surface area contributed by atoms with Crippen molar-refractivity contribution in [3.8, 4) is 0 Å². The van der Waals surface area contributed by atoms with Crippen LogP contribution in [0.25, 0.3) is 38.5 Å². The molecule has 1 atom stereocenters. The summed E-state index contributed by atoms with van der Waals surface area (Å²) in [5, 5.41) is 8.99. The predicted octanol–water partition coefficient (Wildman–Crippen LogP) is 10.8. The molecular weight excluding hydrogens is 544 g/mol. The maximum atomic E-state index is 7.20. The van der Waals surface area contributed by atoms with Gasteiger partial charge in [0, 0.05) is 50.8 Å². The zero-order valence-corrected chi connectivity index (χ0v) is 26.2. The number of unbranched alkanes of at least 4 members (excludes halogenated alkanes) is 2. The van der Waals surface area contributed by atoms with Crippen LogP contribution in [0.2, 0.25) is 0 Å². The van der Waals surface area contributed by atoms with Gasteiger partial charge in [-0.25, -0.2) is 0 Å². The minimum absolute atomic E-state index is 0.241. The quantitative estimate of drug-likeness (QED) is 0.167.